The summed E-state index contributed by atoms with van der Waals surface area (Å²) in [6.07, 6.45) is 0.114. The molecule has 0 aliphatic carbocycles. The van der Waals surface area contributed by atoms with Gasteiger partial charge in [-0.15, -0.1) is 0 Å². The highest BCUT2D eigenvalue weighted by Gasteiger charge is 2.30. The van der Waals surface area contributed by atoms with Crippen molar-refractivity contribution in [3.8, 4) is 5.75 Å². The molecule has 35 heavy (non-hydrogen) atoms. The smallest absolute Gasteiger partial charge is 0.277 e. The maximum Gasteiger partial charge on any atom is 0.277 e. The molecule has 1 N–H and O–H groups in total. The van der Waals surface area contributed by atoms with Crippen molar-refractivity contribution < 1.29 is 28.4 Å². The summed E-state index contributed by atoms with van der Waals surface area (Å²) in [5.74, 6) is 0.193. The molecule has 0 spiro atoms. The molecule has 10 nitrogen and oxygen atoms in total. The van der Waals surface area contributed by atoms with Crippen LogP contribution in [0.5, 0.6) is 5.75 Å². The summed E-state index contributed by atoms with van der Waals surface area (Å²) >= 11 is 0. The minimum Gasteiger partial charge on any atom is -0.491 e. The number of fused-ring (bicyclic) bond motifs is 1. The van der Waals surface area contributed by atoms with E-state index in [9.17, 15) is 14.4 Å². The molecular formula is C25H34N4O6. The molecule has 0 unspecified atom stereocenters. The third kappa shape index (κ3) is 6.19. The number of likely N-dealkylation sites (N-methyl/N-ethyl adjacent to an activating group) is 1. The van der Waals surface area contributed by atoms with Gasteiger partial charge in [-0.25, -0.2) is 0 Å². The molecule has 0 fully saturated rings. The second-order valence-electron chi connectivity index (χ2n) is 8.98. The van der Waals surface area contributed by atoms with Crippen LogP contribution in [0, 0.1) is 12.8 Å². The molecule has 2 heterocycles. The molecule has 3 rings (SSSR count). The van der Waals surface area contributed by atoms with Crippen molar-refractivity contribution in [3.63, 3.8) is 0 Å². The van der Waals surface area contributed by atoms with Crippen LogP contribution in [-0.4, -0.2) is 78.7 Å². The molecule has 1 aliphatic rings. The number of nitrogens with zero attached hydrogens (tertiary/aromatic N) is 3. The molecule has 0 bridgehead atoms. The number of carbonyl (C=O) groups excluding carboxylic acids is 3. The van der Waals surface area contributed by atoms with Gasteiger partial charge in [0, 0.05) is 51.3 Å². The molecule has 1 aromatic carbocycles. The lowest BCUT2D eigenvalue weighted by Crippen LogP contribution is -2.48. The first-order valence-electron chi connectivity index (χ1n) is 11.7. The number of benzene rings is 1. The zero-order chi connectivity index (χ0) is 25.7. The van der Waals surface area contributed by atoms with Crippen molar-refractivity contribution in [1.82, 2.24) is 15.0 Å². The molecule has 0 radical (unpaired) electrons. The first-order chi connectivity index (χ1) is 16.6. The van der Waals surface area contributed by atoms with Crippen molar-refractivity contribution in [3.05, 3.63) is 41.3 Å². The summed E-state index contributed by atoms with van der Waals surface area (Å²) in [5, 5.41) is 6.47. The van der Waals surface area contributed by atoms with Crippen molar-refractivity contribution in [1.29, 1.82) is 0 Å². The first-order valence-corrected chi connectivity index (χ1v) is 11.7. The van der Waals surface area contributed by atoms with Crippen LogP contribution in [0.2, 0.25) is 0 Å². The second-order valence-corrected chi connectivity index (χ2v) is 8.98. The van der Waals surface area contributed by atoms with E-state index in [1.54, 1.807) is 44.2 Å². The van der Waals surface area contributed by atoms with E-state index in [-0.39, 0.29) is 42.2 Å². The van der Waals surface area contributed by atoms with Crippen molar-refractivity contribution in [2.75, 3.05) is 39.2 Å². The maximum atomic E-state index is 13.4. The van der Waals surface area contributed by atoms with E-state index in [1.807, 2.05) is 25.7 Å². The Morgan fingerprint density at radius 3 is 2.60 bits per heavy atom. The van der Waals surface area contributed by atoms with Crippen LogP contribution in [0.15, 0.2) is 28.8 Å². The third-order valence-corrected chi connectivity index (χ3v) is 6.19. The molecular weight excluding hydrogens is 452 g/mol. The zero-order valence-electron chi connectivity index (χ0n) is 21.2. The van der Waals surface area contributed by atoms with E-state index < -0.39 is 5.91 Å². The average Bonchev–Trinajstić information content (AvgIpc) is 3.29. The van der Waals surface area contributed by atoms with Gasteiger partial charge in [-0.2, -0.15) is 0 Å². The molecule has 0 saturated heterocycles. The first kappa shape index (κ1) is 26.2. The quantitative estimate of drug-likeness (QED) is 0.707. The fourth-order valence-electron chi connectivity index (χ4n) is 4.07. The number of anilines is 1. The zero-order valence-corrected chi connectivity index (χ0v) is 21.2. The molecule has 10 heteroatoms. The largest absolute Gasteiger partial charge is 0.491 e. The monoisotopic (exact) mass is 486 g/mol. The maximum absolute atomic E-state index is 13.4. The highest BCUT2D eigenvalue weighted by atomic mass is 16.5. The summed E-state index contributed by atoms with van der Waals surface area (Å²) in [7, 11) is 3.30. The average molecular weight is 487 g/mol. The van der Waals surface area contributed by atoms with Gasteiger partial charge in [-0.3, -0.25) is 14.4 Å². The van der Waals surface area contributed by atoms with Gasteiger partial charge in [-0.1, -0.05) is 19.0 Å². The van der Waals surface area contributed by atoms with Gasteiger partial charge in [0.15, 0.2) is 5.69 Å². The standard InChI is InChI=1S/C25H34N4O6/c1-7-23(30)29-12-15(2)22(33-6)13-28(5)25(32)19-11-18(8-9-21(19)34-14-16(29)3)26-24(31)20-10-17(4)35-27-20/h8-11,15-16,22H,7,12-14H2,1-6H3,(H,26,31)/t15-,16+,22-/m0/s1. The number of methoxy groups -OCH3 is 1. The van der Waals surface area contributed by atoms with Gasteiger partial charge in [-0.05, 0) is 32.0 Å². The summed E-state index contributed by atoms with van der Waals surface area (Å²) in [6, 6.07) is 6.20. The predicted octanol–water partition coefficient (Wildman–Crippen LogP) is 2.98. The lowest BCUT2D eigenvalue weighted by molar-refractivity contribution is -0.135. The number of rotatable bonds is 4. The number of aromatic nitrogens is 1. The Balaban J connectivity index is 1.94. The Hall–Kier alpha value is -3.40. The SMILES string of the molecule is CCC(=O)N1C[C@H](C)[C@@H](OC)CN(C)C(=O)c2cc(NC(=O)c3cc(C)on3)ccc2OC[C@H]1C. The number of hydrogen-bond acceptors (Lipinski definition) is 7. The molecule has 3 amide bonds. The van der Waals surface area contributed by atoms with E-state index in [4.69, 9.17) is 14.0 Å². The normalized spacial score (nSPS) is 21.4. The van der Waals surface area contributed by atoms with Gasteiger partial charge in [0.25, 0.3) is 11.8 Å². The van der Waals surface area contributed by atoms with Crippen molar-refractivity contribution in [2.24, 2.45) is 5.92 Å². The van der Waals surface area contributed by atoms with Crippen LogP contribution < -0.4 is 10.1 Å². The fraction of sp³-hybridized carbons (Fsp3) is 0.520. The minimum atomic E-state index is -0.452. The van der Waals surface area contributed by atoms with Gasteiger partial charge in [0.05, 0.1) is 17.7 Å². The Kier molecular flexibility index (Phi) is 8.50. The van der Waals surface area contributed by atoms with Gasteiger partial charge >= 0.3 is 0 Å². The van der Waals surface area contributed by atoms with Crippen LogP contribution in [0.3, 0.4) is 0 Å². The number of nitrogens with one attached hydrogen (secondary N) is 1. The van der Waals surface area contributed by atoms with Gasteiger partial charge in [0.2, 0.25) is 5.91 Å². The Bertz CT molecular complexity index is 1070. The molecule has 0 saturated carbocycles. The number of ether oxygens (including phenoxy) is 2. The number of amides is 3. The summed E-state index contributed by atoms with van der Waals surface area (Å²) in [4.78, 5) is 42.0. The van der Waals surface area contributed by atoms with E-state index in [1.165, 1.54) is 6.07 Å². The van der Waals surface area contributed by atoms with Crippen LogP contribution in [0.4, 0.5) is 5.69 Å². The Labute approximate surface area is 205 Å². The molecule has 3 atom stereocenters. The minimum absolute atomic E-state index is 0.0105. The van der Waals surface area contributed by atoms with Crippen molar-refractivity contribution in [2.45, 2.75) is 46.3 Å². The number of aryl methyl sites for hydroxylation is 1. The molecule has 2 aromatic rings. The van der Waals surface area contributed by atoms with E-state index in [0.717, 1.165) is 0 Å². The van der Waals surface area contributed by atoms with Crippen LogP contribution >= 0.6 is 0 Å². The summed E-state index contributed by atoms with van der Waals surface area (Å²) in [5.41, 5.74) is 0.853. The number of carbonyl (C=O) groups is 3. The Morgan fingerprint density at radius 1 is 1.23 bits per heavy atom. The highest BCUT2D eigenvalue weighted by molar-refractivity contribution is 6.04. The second kappa shape index (κ2) is 11.4. The predicted molar refractivity (Wildman–Crippen MR) is 130 cm³/mol. The Morgan fingerprint density at radius 2 is 1.97 bits per heavy atom. The molecule has 1 aromatic heterocycles. The van der Waals surface area contributed by atoms with Crippen molar-refractivity contribution >= 4 is 23.4 Å². The van der Waals surface area contributed by atoms with Gasteiger partial charge < -0.3 is 29.1 Å². The lowest BCUT2D eigenvalue weighted by atomic mass is 10.0. The third-order valence-electron chi connectivity index (χ3n) is 6.19. The van der Waals surface area contributed by atoms with Crippen LogP contribution in [0.25, 0.3) is 0 Å². The molecule has 190 valence electrons. The van der Waals surface area contributed by atoms with Gasteiger partial charge in [0.1, 0.15) is 18.1 Å². The fourth-order valence-corrected chi connectivity index (χ4v) is 4.07. The lowest BCUT2D eigenvalue weighted by Gasteiger charge is -2.36. The number of hydrogen-bond donors (Lipinski definition) is 1. The van der Waals surface area contributed by atoms with E-state index in [2.05, 4.69) is 10.5 Å². The topological polar surface area (TPSA) is 114 Å². The summed E-state index contributed by atoms with van der Waals surface area (Å²) < 4.78 is 16.7. The molecule has 1 aliphatic heterocycles. The van der Waals surface area contributed by atoms with E-state index in [0.29, 0.717) is 42.3 Å². The van der Waals surface area contributed by atoms with E-state index >= 15 is 0 Å². The van der Waals surface area contributed by atoms with Crippen LogP contribution in [-0.2, 0) is 9.53 Å². The van der Waals surface area contributed by atoms with Crippen LogP contribution in [0.1, 0.15) is 53.8 Å². The highest BCUT2D eigenvalue weighted by Crippen LogP contribution is 2.27. The summed E-state index contributed by atoms with van der Waals surface area (Å²) in [6.45, 7) is 8.50.